The zero-order valence-electron chi connectivity index (χ0n) is 12.0. The molecule has 0 aliphatic carbocycles. The molecule has 1 aliphatic heterocycles. The van der Waals surface area contributed by atoms with Crippen LogP contribution in [0.2, 0.25) is 0 Å². The molecule has 0 bridgehead atoms. The van der Waals surface area contributed by atoms with E-state index >= 15 is 0 Å². The minimum absolute atomic E-state index is 0.0211. The van der Waals surface area contributed by atoms with Gasteiger partial charge >= 0.3 is 21.7 Å². The van der Waals surface area contributed by atoms with Gasteiger partial charge in [-0.05, 0) is 36.7 Å². The minimum atomic E-state index is -5.72. The minimum Gasteiger partial charge on any atom is -0.444 e. The highest BCUT2D eigenvalue weighted by molar-refractivity contribution is 9.11. The Labute approximate surface area is 134 Å². The summed E-state index contributed by atoms with van der Waals surface area (Å²) in [7, 11) is -5.72. The third-order valence-electron chi connectivity index (χ3n) is 2.39. The lowest BCUT2D eigenvalue weighted by Gasteiger charge is -2.30. The quantitative estimate of drug-likeness (QED) is 0.517. The Kier molecular flexibility index (Phi) is 5.43. The summed E-state index contributed by atoms with van der Waals surface area (Å²) in [5.74, 6) is -0.378. The zero-order valence-corrected chi connectivity index (χ0v) is 14.4. The van der Waals surface area contributed by atoms with Crippen molar-refractivity contribution in [2.24, 2.45) is 0 Å². The van der Waals surface area contributed by atoms with E-state index in [-0.39, 0.29) is 29.8 Å². The highest BCUT2D eigenvalue weighted by atomic mass is 79.9. The lowest BCUT2D eigenvalue weighted by Crippen LogP contribution is -2.40. The third kappa shape index (κ3) is 5.04. The van der Waals surface area contributed by atoms with Crippen LogP contribution in [0, 0.1) is 0 Å². The van der Waals surface area contributed by atoms with Crippen LogP contribution in [0.5, 0.6) is 0 Å². The summed E-state index contributed by atoms with van der Waals surface area (Å²) < 4.78 is 68.0. The first-order valence-electron chi connectivity index (χ1n) is 6.09. The molecular formula is C11H15BrF3NO5S. The number of rotatable bonds is 2. The van der Waals surface area contributed by atoms with Crippen LogP contribution in [0.1, 0.15) is 27.2 Å². The van der Waals surface area contributed by atoms with Gasteiger partial charge < -0.3 is 13.8 Å². The van der Waals surface area contributed by atoms with Crippen molar-refractivity contribution in [1.82, 2.24) is 4.90 Å². The van der Waals surface area contributed by atoms with Crippen LogP contribution in [-0.4, -0.2) is 43.6 Å². The summed E-state index contributed by atoms with van der Waals surface area (Å²) in [4.78, 5) is 13.1. The van der Waals surface area contributed by atoms with Crippen molar-refractivity contribution in [2.45, 2.75) is 38.3 Å². The molecule has 0 saturated carbocycles. The largest absolute Gasteiger partial charge is 0.534 e. The Balaban J connectivity index is 2.81. The van der Waals surface area contributed by atoms with Gasteiger partial charge in [0.2, 0.25) is 0 Å². The van der Waals surface area contributed by atoms with Gasteiger partial charge in [-0.25, -0.2) is 4.79 Å². The van der Waals surface area contributed by atoms with E-state index in [2.05, 4.69) is 20.1 Å². The second-order valence-electron chi connectivity index (χ2n) is 5.46. The summed E-state index contributed by atoms with van der Waals surface area (Å²) >= 11 is 2.94. The Morgan fingerprint density at radius 1 is 1.27 bits per heavy atom. The smallest absolute Gasteiger partial charge is 0.444 e. The lowest BCUT2D eigenvalue weighted by atomic mass is 10.2. The van der Waals surface area contributed by atoms with Crippen LogP contribution in [-0.2, 0) is 19.0 Å². The molecule has 0 aromatic carbocycles. The summed E-state index contributed by atoms with van der Waals surface area (Å²) in [6.07, 6.45) is -0.836. The first kappa shape index (κ1) is 19.1. The van der Waals surface area contributed by atoms with Gasteiger partial charge in [0.1, 0.15) is 11.4 Å². The van der Waals surface area contributed by atoms with Crippen LogP contribution in [0.15, 0.2) is 10.2 Å². The molecule has 11 heteroatoms. The number of hydrogen-bond acceptors (Lipinski definition) is 5. The first-order valence-corrected chi connectivity index (χ1v) is 8.29. The second kappa shape index (κ2) is 6.26. The van der Waals surface area contributed by atoms with E-state index in [1.807, 2.05) is 0 Å². The van der Waals surface area contributed by atoms with Crippen molar-refractivity contribution in [3.05, 3.63) is 10.2 Å². The number of nitrogens with zero attached hydrogens (tertiary/aromatic N) is 1. The number of carbonyl (C=O) groups is 1. The first-order chi connectivity index (χ1) is 9.73. The van der Waals surface area contributed by atoms with Gasteiger partial charge in [-0.15, -0.1) is 0 Å². The molecule has 0 spiro atoms. The maximum absolute atomic E-state index is 12.3. The predicted molar refractivity (Wildman–Crippen MR) is 74.4 cm³/mol. The monoisotopic (exact) mass is 409 g/mol. The number of halogens is 4. The second-order valence-corrected chi connectivity index (χ2v) is 7.96. The van der Waals surface area contributed by atoms with E-state index < -0.39 is 27.3 Å². The number of amides is 1. The fourth-order valence-corrected chi connectivity index (χ4v) is 2.69. The third-order valence-corrected chi connectivity index (χ3v) is 4.07. The molecule has 0 unspecified atom stereocenters. The molecule has 22 heavy (non-hydrogen) atoms. The number of ether oxygens (including phenoxy) is 1. The zero-order chi connectivity index (χ0) is 17.3. The molecule has 0 radical (unpaired) electrons. The van der Waals surface area contributed by atoms with E-state index in [4.69, 9.17) is 4.74 Å². The fraction of sp³-hybridized carbons (Fsp3) is 0.727. The van der Waals surface area contributed by atoms with Crippen molar-refractivity contribution in [3.8, 4) is 0 Å². The highest BCUT2D eigenvalue weighted by Crippen LogP contribution is 2.32. The molecule has 1 amide bonds. The average Bonchev–Trinajstić information content (AvgIpc) is 2.27. The average molecular weight is 410 g/mol. The molecule has 1 aliphatic rings. The van der Waals surface area contributed by atoms with E-state index in [1.165, 1.54) is 4.90 Å². The highest BCUT2D eigenvalue weighted by Gasteiger charge is 2.49. The van der Waals surface area contributed by atoms with Crippen LogP contribution in [0.3, 0.4) is 0 Å². The molecule has 128 valence electrons. The van der Waals surface area contributed by atoms with Gasteiger partial charge in [0.25, 0.3) is 0 Å². The van der Waals surface area contributed by atoms with Gasteiger partial charge in [0.15, 0.2) is 0 Å². The predicted octanol–water partition coefficient (Wildman–Crippen LogP) is 3.10. The van der Waals surface area contributed by atoms with Crippen molar-refractivity contribution in [2.75, 3.05) is 13.1 Å². The molecule has 0 atom stereocenters. The van der Waals surface area contributed by atoms with Crippen LogP contribution in [0.4, 0.5) is 18.0 Å². The Bertz CT molecular complexity index is 580. The molecule has 0 saturated heterocycles. The van der Waals surface area contributed by atoms with E-state index in [1.54, 1.807) is 20.8 Å². The SMILES string of the molecule is CC(C)(C)OC(=O)N1CCC(OS(=O)(=O)C(F)(F)F)=C(Br)C1. The van der Waals surface area contributed by atoms with E-state index in [9.17, 15) is 26.4 Å². The van der Waals surface area contributed by atoms with Gasteiger partial charge in [-0.2, -0.15) is 21.6 Å². The van der Waals surface area contributed by atoms with Gasteiger partial charge in [0, 0.05) is 13.0 Å². The molecule has 6 nitrogen and oxygen atoms in total. The molecule has 1 rings (SSSR count). The maximum Gasteiger partial charge on any atom is 0.534 e. The van der Waals surface area contributed by atoms with E-state index in [0.717, 1.165) is 0 Å². The lowest BCUT2D eigenvalue weighted by molar-refractivity contribution is -0.0526. The van der Waals surface area contributed by atoms with Gasteiger partial charge in [-0.1, -0.05) is 0 Å². The number of hydrogen-bond donors (Lipinski definition) is 0. The molecule has 0 fully saturated rings. The Hall–Kier alpha value is -0.970. The molecule has 0 aromatic rings. The van der Waals surface area contributed by atoms with Crippen molar-refractivity contribution in [3.63, 3.8) is 0 Å². The summed E-state index contributed by atoms with van der Waals surface area (Å²) in [6, 6.07) is 0. The Morgan fingerprint density at radius 2 is 1.82 bits per heavy atom. The number of carbonyl (C=O) groups excluding carboxylic acids is 1. The topological polar surface area (TPSA) is 72.9 Å². The summed E-state index contributed by atoms with van der Waals surface area (Å²) in [6.45, 7) is 4.85. The fourth-order valence-electron chi connectivity index (χ4n) is 1.46. The summed E-state index contributed by atoms with van der Waals surface area (Å²) in [5.41, 5.74) is -6.22. The maximum atomic E-state index is 12.3. The van der Waals surface area contributed by atoms with Crippen LogP contribution in [0.25, 0.3) is 0 Å². The standard InChI is InChI=1S/C11H15BrF3NO5S/c1-10(2,3)20-9(17)16-5-4-8(7(12)6-16)21-22(18,19)11(13,14)15/h4-6H2,1-3H3. The normalized spacial score (nSPS) is 17.5. The molecule has 0 N–H and O–H groups in total. The van der Waals surface area contributed by atoms with Crippen LogP contribution < -0.4 is 0 Å². The van der Waals surface area contributed by atoms with E-state index in [0.29, 0.717) is 0 Å². The van der Waals surface area contributed by atoms with Crippen molar-refractivity contribution in [1.29, 1.82) is 0 Å². The molecule has 1 heterocycles. The summed E-state index contributed by atoms with van der Waals surface area (Å²) in [5, 5.41) is 0. The number of alkyl halides is 3. The van der Waals surface area contributed by atoms with Crippen molar-refractivity contribution < 1.29 is 35.3 Å². The Morgan fingerprint density at radius 3 is 2.23 bits per heavy atom. The van der Waals surface area contributed by atoms with Crippen LogP contribution >= 0.6 is 15.9 Å². The van der Waals surface area contributed by atoms with Crippen molar-refractivity contribution >= 4 is 32.1 Å². The molecular weight excluding hydrogens is 395 g/mol. The van der Waals surface area contributed by atoms with Gasteiger partial charge in [0.05, 0.1) is 11.0 Å². The molecule has 0 aromatic heterocycles. The van der Waals surface area contributed by atoms with Gasteiger partial charge in [-0.3, -0.25) is 0 Å².